The smallest absolute Gasteiger partial charge is 0.261 e. The van der Waals surface area contributed by atoms with Crippen molar-refractivity contribution in [2.24, 2.45) is 5.41 Å². The predicted octanol–water partition coefficient (Wildman–Crippen LogP) is 1.97. The van der Waals surface area contributed by atoms with Crippen molar-refractivity contribution in [2.75, 3.05) is 7.05 Å². The second-order valence-corrected chi connectivity index (χ2v) is 3.86. The van der Waals surface area contributed by atoms with Crippen LogP contribution in [0.25, 0.3) is 0 Å². The third-order valence-electron chi connectivity index (χ3n) is 1.60. The average molecular weight is 173 g/mol. The molecule has 0 saturated carbocycles. The number of nitrogens with zero attached hydrogens (tertiary/aromatic N) is 1. The van der Waals surface area contributed by atoms with Crippen LogP contribution in [0.1, 0.15) is 20.8 Å². The minimum Gasteiger partial charge on any atom is -0.320 e. The van der Waals surface area contributed by atoms with Crippen molar-refractivity contribution in [3.8, 4) is 0 Å². The number of carbonyl (C=O) groups is 1. The molecule has 0 aromatic heterocycles. The van der Waals surface area contributed by atoms with E-state index in [0.29, 0.717) is 0 Å². The standard InChI is InChI=1S/C9H16FNO/c1-6-11(5)8(12)7(10)9(2,3)4/h6-7H,1H2,2-5H3. The third kappa shape index (κ3) is 2.64. The highest BCUT2D eigenvalue weighted by molar-refractivity contribution is 5.82. The van der Waals surface area contributed by atoms with E-state index in [4.69, 9.17) is 0 Å². The second-order valence-electron chi connectivity index (χ2n) is 3.86. The Labute approximate surface area is 73.1 Å². The van der Waals surface area contributed by atoms with Crippen LogP contribution in [-0.2, 0) is 4.79 Å². The quantitative estimate of drug-likeness (QED) is 0.625. The van der Waals surface area contributed by atoms with Crippen molar-refractivity contribution >= 4 is 5.91 Å². The lowest BCUT2D eigenvalue weighted by atomic mass is 9.89. The summed E-state index contributed by atoms with van der Waals surface area (Å²) in [6.45, 7) is 8.45. The van der Waals surface area contributed by atoms with Gasteiger partial charge in [-0.15, -0.1) is 0 Å². The van der Waals surface area contributed by atoms with E-state index < -0.39 is 17.5 Å². The molecule has 0 spiro atoms. The molecule has 0 saturated heterocycles. The van der Waals surface area contributed by atoms with E-state index in [9.17, 15) is 9.18 Å². The number of hydrogen-bond donors (Lipinski definition) is 0. The average Bonchev–Trinajstić information content (AvgIpc) is 1.98. The number of alkyl halides is 1. The molecule has 3 heteroatoms. The van der Waals surface area contributed by atoms with Crippen LogP contribution in [0.2, 0.25) is 0 Å². The Bertz CT molecular complexity index is 183. The largest absolute Gasteiger partial charge is 0.320 e. The summed E-state index contributed by atoms with van der Waals surface area (Å²) in [5.74, 6) is -0.544. The van der Waals surface area contributed by atoms with Crippen LogP contribution in [0, 0.1) is 5.41 Å². The van der Waals surface area contributed by atoms with E-state index in [0.717, 1.165) is 4.90 Å². The van der Waals surface area contributed by atoms with E-state index in [1.165, 1.54) is 13.2 Å². The SMILES string of the molecule is C=CN(C)C(=O)C(F)C(C)(C)C. The second kappa shape index (κ2) is 3.70. The fourth-order valence-corrected chi connectivity index (χ4v) is 0.639. The Morgan fingerprint density at radius 2 is 2.00 bits per heavy atom. The normalized spacial score (nSPS) is 13.8. The lowest BCUT2D eigenvalue weighted by molar-refractivity contribution is -0.136. The van der Waals surface area contributed by atoms with Gasteiger partial charge in [-0.05, 0) is 6.20 Å². The van der Waals surface area contributed by atoms with Gasteiger partial charge in [-0.2, -0.15) is 0 Å². The van der Waals surface area contributed by atoms with Crippen molar-refractivity contribution in [1.29, 1.82) is 0 Å². The summed E-state index contributed by atoms with van der Waals surface area (Å²) in [5.41, 5.74) is -0.644. The van der Waals surface area contributed by atoms with E-state index in [1.54, 1.807) is 20.8 Å². The first-order valence-electron chi connectivity index (χ1n) is 3.84. The van der Waals surface area contributed by atoms with Gasteiger partial charge in [0.25, 0.3) is 5.91 Å². The molecule has 2 nitrogen and oxygen atoms in total. The molecule has 0 aliphatic heterocycles. The maximum Gasteiger partial charge on any atom is 0.261 e. The van der Waals surface area contributed by atoms with Gasteiger partial charge in [0, 0.05) is 12.5 Å². The highest BCUT2D eigenvalue weighted by Crippen LogP contribution is 2.23. The topological polar surface area (TPSA) is 20.3 Å². The number of halogens is 1. The van der Waals surface area contributed by atoms with Gasteiger partial charge in [-0.3, -0.25) is 4.79 Å². The minimum absolute atomic E-state index is 0.544. The Hall–Kier alpha value is -0.860. The number of amides is 1. The molecule has 0 fully saturated rings. The summed E-state index contributed by atoms with van der Waals surface area (Å²) in [4.78, 5) is 12.4. The van der Waals surface area contributed by atoms with E-state index in [1.807, 2.05) is 0 Å². The molecule has 0 radical (unpaired) electrons. The van der Waals surface area contributed by atoms with Gasteiger partial charge in [0.05, 0.1) is 0 Å². The van der Waals surface area contributed by atoms with Crippen LogP contribution in [0.3, 0.4) is 0 Å². The number of hydrogen-bond acceptors (Lipinski definition) is 1. The first kappa shape index (κ1) is 11.1. The predicted molar refractivity (Wildman–Crippen MR) is 47.3 cm³/mol. The summed E-state index contributed by atoms with van der Waals surface area (Å²) in [6, 6.07) is 0. The lowest BCUT2D eigenvalue weighted by Gasteiger charge is -2.25. The molecule has 0 heterocycles. The van der Waals surface area contributed by atoms with Crippen LogP contribution < -0.4 is 0 Å². The monoisotopic (exact) mass is 173 g/mol. The van der Waals surface area contributed by atoms with Crippen LogP contribution in [-0.4, -0.2) is 24.0 Å². The molecule has 0 bridgehead atoms. The summed E-state index contributed by atoms with van der Waals surface area (Å²) < 4.78 is 13.3. The Kier molecular flexibility index (Phi) is 3.43. The summed E-state index contributed by atoms with van der Waals surface area (Å²) in [6.07, 6.45) is -0.166. The Balaban J connectivity index is 4.40. The van der Waals surface area contributed by atoms with E-state index in [2.05, 4.69) is 6.58 Å². The van der Waals surface area contributed by atoms with E-state index >= 15 is 0 Å². The highest BCUT2D eigenvalue weighted by Gasteiger charge is 2.32. The molecule has 0 aromatic rings. The Morgan fingerprint density at radius 3 is 2.25 bits per heavy atom. The molecular weight excluding hydrogens is 157 g/mol. The minimum atomic E-state index is -1.47. The zero-order valence-electron chi connectivity index (χ0n) is 8.10. The van der Waals surface area contributed by atoms with E-state index in [-0.39, 0.29) is 0 Å². The zero-order chi connectivity index (χ0) is 9.94. The van der Waals surface area contributed by atoms with Crippen LogP contribution in [0.5, 0.6) is 0 Å². The molecule has 1 unspecified atom stereocenters. The van der Waals surface area contributed by atoms with Crippen molar-refractivity contribution in [3.63, 3.8) is 0 Å². The van der Waals surface area contributed by atoms with Gasteiger partial charge in [-0.1, -0.05) is 27.4 Å². The van der Waals surface area contributed by atoms with Gasteiger partial charge in [0.2, 0.25) is 0 Å². The molecule has 0 aliphatic rings. The van der Waals surface area contributed by atoms with Crippen molar-refractivity contribution < 1.29 is 9.18 Å². The van der Waals surface area contributed by atoms with Crippen LogP contribution >= 0.6 is 0 Å². The summed E-state index contributed by atoms with van der Waals surface area (Å²) >= 11 is 0. The van der Waals surface area contributed by atoms with Gasteiger partial charge >= 0.3 is 0 Å². The fourth-order valence-electron chi connectivity index (χ4n) is 0.639. The molecule has 0 rings (SSSR count). The maximum atomic E-state index is 13.3. The van der Waals surface area contributed by atoms with Gasteiger partial charge in [0.1, 0.15) is 0 Å². The molecule has 0 N–H and O–H groups in total. The van der Waals surface area contributed by atoms with Crippen LogP contribution in [0.15, 0.2) is 12.8 Å². The third-order valence-corrected chi connectivity index (χ3v) is 1.60. The molecule has 1 atom stereocenters. The number of carbonyl (C=O) groups excluding carboxylic acids is 1. The first-order valence-corrected chi connectivity index (χ1v) is 3.84. The molecular formula is C9H16FNO. The van der Waals surface area contributed by atoms with Gasteiger partial charge in [0.15, 0.2) is 6.17 Å². The van der Waals surface area contributed by atoms with Crippen molar-refractivity contribution in [2.45, 2.75) is 26.9 Å². The Morgan fingerprint density at radius 1 is 1.58 bits per heavy atom. The number of rotatable bonds is 2. The molecule has 12 heavy (non-hydrogen) atoms. The molecule has 70 valence electrons. The lowest BCUT2D eigenvalue weighted by Crippen LogP contribution is -2.38. The van der Waals surface area contributed by atoms with Gasteiger partial charge in [-0.25, -0.2) is 4.39 Å². The van der Waals surface area contributed by atoms with Crippen molar-refractivity contribution in [3.05, 3.63) is 12.8 Å². The fraction of sp³-hybridized carbons (Fsp3) is 0.667. The van der Waals surface area contributed by atoms with Crippen molar-refractivity contribution in [1.82, 2.24) is 4.90 Å². The highest BCUT2D eigenvalue weighted by atomic mass is 19.1. The van der Waals surface area contributed by atoms with Gasteiger partial charge < -0.3 is 4.90 Å². The van der Waals surface area contributed by atoms with Crippen LogP contribution in [0.4, 0.5) is 4.39 Å². The summed E-state index contributed by atoms with van der Waals surface area (Å²) in [5, 5.41) is 0. The molecule has 0 aromatic carbocycles. The summed E-state index contributed by atoms with van der Waals surface area (Å²) in [7, 11) is 1.49. The maximum absolute atomic E-state index is 13.3. The molecule has 1 amide bonds. The zero-order valence-corrected chi connectivity index (χ0v) is 8.10. The first-order chi connectivity index (χ1) is 5.30. The molecule has 0 aliphatic carbocycles.